The first-order valence-corrected chi connectivity index (χ1v) is 9.25. The van der Waals surface area contributed by atoms with Crippen LogP contribution in [0.4, 0.5) is 24.8 Å². The number of hydrogen-bond donors (Lipinski definition) is 3. The Balaban J connectivity index is 1.93. The van der Waals surface area contributed by atoms with Crippen LogP contribution in [0.25, 0.3) is 21.5 Å². The Morgan fingerprint density at radius 1 is 1.32 bits per heavy atom. The van der Waals surface area contributed by atoms with Crippen LogP contribution >= 0.6 is 11.3 Å². The van der Waals surface area contributed by atoms with Gasteiger partial charge in [0.2, 0.25) is 5.95 Å². The lowest BCUT2D eigenvalue weighted by Gasteiger charge is -2.12. The van der Waals surface area contributed by atoms with Gasteiger partial charge < -0.3 is 16.2 Å². The Labute approximate surface area is 161 Å². The highest BCUT2D eigenvalue weighted by Crippen LogP contribution is 2.42. The van der Waals surface area contributed by atoms with Gasteiger partial charge in [-0.25, -0.2) is 9.97 Å². The second-order valence-corrected chi connectivity index (χ2v) is 7.62. The summed E-state index contributed by atoms with van der Waals surface area (Å²) in [4.78, 5) is 21.5. The Kier molecular flexibility index (Phi) is 4.18. The zero-order chi connectivity index (χ0) is 20.2. The van der Waals surface area contributed by atoms with Gasteiger partial charge in [-0.3, -0.25) is 4.79 Å². The number of thiophene rings is 1. The Morgan fingerprint density at radius 3 is 2.61 bits per heavy atom. The maximum Gasteiger partial charge on any atom is 0.419 e. The molecule has 10 heteroatoms. The third kappa shape index (κ3) is 3.24. The van der Waals surface area contributed by atoms with E-state index in [4.69, 9.17) is 5.73 Å². The van der Waals surface area contributed by atoms with E-state index in [2.05, 4.69) is 15.3 Å². The highest BCUT2D eigenvalue weighted by molar-refractivity contribution is 7.21. The first-order valence-electron chi connectivity index (χ1n) is 8.43. The maximum absolute atomic E-state index is 13.0. The lowest BCUT2D eigenvalue weighted by atomic mass is 10.0. The molecule has 4 rings (SSSR count). The summed E-state index contributed by atoms with van der Waals surface area (Å²) in [5.74, 6) is -0.840. The molecule has 3 aromatic rings. The van der Waals surface area contributed by atoms with E-state index < -0.39 is 17.5 Å². The molecule has 1 aliphatic carbocycles. The normalized spacial score (nSPS) is 14.4. The standard InChI is InChI=1S/C18H15F3N4O2S/c1-7(26)15-13(22)12-14(8-2-5-10(11(27)6-8)18(19,20)21)24-17(23-9-3-4-9)25-16(12)28-15/h2,5-6,9,27H,3-4,22H2,1H3,(H,23,24,25). The van der Waals surface area contributed by atoms with Gasteiger partial charge in [0.25, 0.3) is 0 Å². The predicted octanol–water partition coefficient (Wildman–Crippen LogP) is 4.44. The van der Waals surface area contributed by atoms with Crippen LogP contribution in [0.15, 0.2) is 18.2 Å². The van der Waals surface area contributed by atoms with Gasteiger partial charge in [0, 0.05) is 18.5 Å². The smallest absolute Gasteiger partial charge is 0.419 e. The summed E-state index contributed by atoms with van der Waals surface area (Å²) in [7, 11) is 0. The number of nitrogens with one attached hydrogen (secondary N) is 1. The van der Waals surface area contributed by atoms with E-state index in [9.17, 15) is 23.1 Å². The molecule has 0 saturated heterocycles. The molecule has 0 spiro atoms. The molecule has 6 nitrogen and oxygen atoms in total. The number of benzene rings is 1. The molecule has 1 saturated carbocycles. The molecular formula is C18H15F3N4O2S. The third-order valence-corrected chi connectivity index (χ3v) is 5.60. The molecule has 0 atom stereocenters. The quantitative estimate of drug-likeness (QED) is 0.552. The van der Waals surface area contributed by atoms with Crippen molar-refractivity contribution in [2.75, 3.05) is 11.1 Å². The number of ketones is 1. The van der Waals surface area contributed by atoms with Crippen molar-refractivity contribution in [2.24, 2.45) is 0 Å². The van der Waals surface area contributed by atoms with Gasteiger partial charge in [-0.2, -0.15) is 13.2 Å². The van der Waals surface area contributed by atoms with Crippen LogP contribution in [0.3, 0.4) is 0 Å². The van der Waals surface area contributed by atoms with Gasteiger partial charge in [-0.1, -0.05) is 6.07 Å². The number of nitrogens with zero attached hydrogens (tertiary/aromatic N) is 2. The summed E-state index contributed by atoms with van der Waals surface area (Å²) in [5, 5.41) is 13.4. The van der Waals surface area contributed by atoms with Gasteiger partial charge in [0.05, 0.1) is 27.2 Å². The fourth-order valence-electron chi connectivity index (χ4n) is 2.89. The first-order chi connectivity index (χ1) is 13.1. The van der Waals surface area contributed by atoms with E-state index in [-0.39, 0.29) is 28.8 Å². The van der Waals surface area contributed by atoms with Crippen molar-refractivity contribution in [2.45, 2.75) is 32.0 Å². The number of carbonyl (C=O) groups excluding carboxylic acids is 1. The Bertz CT molecular complexity index is 1110. The van der Waals surface area contributed by atoms with Crippen LogP contribution in [0.1, 0.15) is 35.0 Å². The molecule has 2 aromatic heterocycles. The number of nitrogen functional groups attached to an aromatic ring is 1. The van der Waals surface area contributed by atoms with E-state index in [1.54, 1.807) is 0 Å². The second-order valence-electron chi connectivity index (χ2n) is 6.63. The minimum Gasteiger partial charge on any atom is -0.507 e. The van der Waals surface area contributed by atoms with Crippen LogP contribution in [0.5, 0.6) is 5.75 Å². The van der Waals surface area contributed by atoms with Crippen molar-refractivity contribution < 1.29 is 23.1 Å². The average Bonchev–Trinajstić information content (AvgIpc) is 3.34. The highest BCUT2D eigenvalue weighted by atomic mass is 32.1. The number of Topliss-reactive ketones (excluding diaryl/α,β-unsaturated/α-hetero) is 1. The van der Waals surface area contributed by atoms with Gasteiger partial charge >= 0.3 is 6.18 Å². The number of rotatable bonds is 4. The lowest BCUT2D eigenvalue weighted by molar-refractivity contribution is -0.138. The molecule has 0 bridgehead atoms. The molecule has 1 fully saturated rings. The molecule has 1 aromatic carbocycles. The zero-order valence-electron chi connectivity index (χ0n) is 14.6. The summed E-state index contributed by atoms with van der Waals surface area (Å²) in [5.41, 5.74) is 5.68. The molecule has 28 heavy (non-hydrogen) atoms. The SMILES string of the molecule is CC(=O)c1sc2nc(NC3CC3)nc(-c3ccc(C(F)(F)F)c(O)c3)c2c1N. The molecular weight excluding hydrogens is 393 g/mol. The minimum absolute atomic E-state index is 0.180. The number of anilines is 2. The molecule has 0 aliphatic heterocycles. The molecule has 0 amide bonds. The maximum atomic E-state index is 13.0. The lowest BCUT2D eigenvalue weighted by Crippen LogP contribution is -2.07. The topological polar surface area (TPSA) is 101 Å². The van der Waals surface area contributed by atoms with Crippen LogP contribution in [-0.4, -0.2) is 26.9 Å². The number of hydrogen-bond acceptors (Lipinski definition) is 7. The number of aromatic hydroxyl groups is 1. The zero-order valence-corrected chi connectivity index (χ0v) is 15.4. The van der Waals surface area contributed by atoms with Crippen LogP contribution in [-0.2, 0) is 6.18 Å². The van der Waals surface area contributed by atoms with Crippen LogP contribution in [0, 0.1) is 0 Å². The molecule has 2 heterocycles. The molecule has 0 unspecified atom stereocenters. The van der Waals surface area contributed by atoms with Crippen LogP contribution in [0.2, 0.25) is 0 Å². The largest absolute Gasteiger partial charge is 0.507 e. The molecule has 4 N–H and O–H groups in total. The summed E-state index contributed by atoms with van der Waals surface area (Å²) in [6.07, 6.45) is -2.72. The van der Waals surface area contributed by atoms with Gasteiger partial charge in [-0.05, 0) is 25.0 Å². The Morgan fingerprint density at radius 2 is 2.04 bits per heavy atom. The van der Waals surface area contributed by atoms with Crippen molar-refractivity contribution in [1.82, 2.24) is 9.97 Å². The van der Waals surface area contributed by atoms with E-state index >= 15 is 0 Å². The summed E-state index contributed by atoms with van der Waals surface area (Å²) in [6, 6.07) is 3.25. The number of halogens is 3. The number of nitrogens with two attached hydrogens (primary N) is 1. The predicted molar refractivity (Wildman–Crippen MR) is 101 cm³/mol. The third-order valence-electron chi connectivity index (χ3n) is 4.40. The fraction of sp³-hybridized carbons (Fsp3) is 0.278. The highest BCUT2D eigenvalue weighted by Gasteiger charge is 2.34. The average molecular weight is 408 g/mol. The van der Waals surface area contributed by atoms with Gasteiger partial charge in [0.15, 0.2) is 5.78 Å². The second kappa shape index (κ2) is 6.33. The first kappa shape index (κ1) is 18.5. The van der Waals surface area contributed by atoms with Crippen molar-refractivity contribution in [1.29, 1.82) is 0 Å². The minimum atomic E-state index is -4.68. The summed E-state index contributed by atoms with van der Waals surface area (Å²) < 4.78 is 38.9. The van der Waals surface area contributed by atoms with E-state index in [1.807, 2.05) is 0 Å². The number of alkyl halides is 3. The monoisotopic (exact) mass is 408 g/mol. The summed E-state index contributed by atoms with van der Waals surface area (Å²) >= 11 is 1.11. The van der Waals surface area contributed by atoms with Crippen molar-refractivity contribution in [3.63, 3.8) is 0 Å². The molecule has 0 radical (unpaired) electrons. The number of fused-ring (bicyclic) bond motifs is 1. The number of carbonyl (C=O) groups is 1. The van der Waals surface area contributed by atoms with Crippen molar-refractivity contribution in [3.05, 3.63) is 28.6 Å². The van der Waals surface area contributed by atoms with Gasteiger partial charge in [0.1, 0.15) is 10.6 Å². The Hall–Kier alpha value is -2.88. The number of aromatic nitrogens is 2. The molecule has 146 valence electrons. The molecule has 1 aliphatic rings. The summed E-state index contributed by atoms with van der Waals surface area (Å²) in [6.45, 7) is 1.38. The van der Waals surface area contributed by atoms with Crippen molar-refractivity contribution >= 4 is 39.0 Å². The van der Waals surface area contributed by atoms with Crippen LogP contribution < -0.4 is 11.1 Å². The van der Waals surface area contributed by atoms with E-state index in [0.29, 0.717) is 21.0 Å². The van der Waals surface area contributed by atoms with Gasteiger partial charge in [-0.15, -0.1) is 11.3 Å². The number of phenolic OH excluding ortho intramolecular Hbond substituents is 1. The fourth-order valence-corrected chi connectivity index (χ4v) is 3.88. The van der Waals surface area contributed by atoms with E-state index in [0.717, 1.165) is 36.3 Å². The van der Waals surface area contributed by atoms with Crippen molar-refractivity contribution in [3.8, 4) is 17.0 Å². The number of phenols is 1. The van der Waals surface area contributed by atoms with E-state index in [1.165, 1.54) is 13.0 Å².